The van der Waals surface area contributed by atoms with Gasteiger partial charge in [0, 0.05) is 12.8 Å². The van der Waals surface area contributed by atoms with Crippen molar-refractivity contribution in [3.8, 4) is 5.75 Å². The van der Waals surface area contributed by atoms with Crippen LogP contribution in [0.15, 0.2) is 24.3 Å². The summed E-state index contributed by atoms with van der Waals surface area (Å²) in [6.07, 6.45) is -1.50. The lowest BCUT2D eigenvalue weighted by Gasteiger charge is -2.26. The Kier molecular flexibility index (Phi) is 21.5. The lowest BCUT2D eigenvalue weighted by molar-refractivity contribution is -0.144. The molecule has 0 bridgehead atoms. The minimum atomic E-state index is -4.77. The largest absolute Gasteiger partial charge is 0.524 e. The van der Waals surface area contributed by atoms with Crippen LogP contribution in [0.4, 0.5) is 0 Å². The average molecular weight is 694 g/mol. The number of carboxylic acids is 3. The van der Waals surface area contributed by atoms with Crippen molar-refractivity contribution in [3.63, 3.8) is 0 Å². The fraction of sp³-hybridized carbons (Fsp3) is 0.571. The zero-order valence-electron chi connectivity index (χ0n) is 26.0. The van der Waals surface area contributed by atoms with Crippen LogP contribution in [0.25, 0.3) is 0 Å². The molecule has 1 aromatic rings. The van der Waals surface area contributed by atoms with E-state index in [0.29, 0.717) is 12.0 Å². The van der Waals surface area contributed by atoms with Gasteiger partial charge in [-0.05, 0) is 57.0 Å². The first-order chi connectivity index (χ1) is 21.5. The first-order valence-corrected chi connectivity index (χ1v) is 15.7. The summed E-state index contributed by atoms with van der Waals surface area (Å²) < 4.78 is 15.5. The number of benzene rings is 1. The Morgan fingerprint density at radius 1 is 0.809 bits per heavy atom. The molecule has 1 unspecified atom stereocenters. The highest BCUT2D eigenvalue weighted by atomic mass is 31.2. The highest BCUT2D eigenvalue weighted by Gasteiger charge is 2.32. The molecule has 0 aromatic heterocycles. The molecule has 0 saturated carbocycles. The van der Waals surface area contributed by atoms with Crippen LogP contribution in [0.2, 0.25) is 0 Å². The van der Waals surface area contributed by atoms with Crippen LogP contribution in [0, 0.1) is 5.92 Å². The molecule has 0 saturated heterocycles. The van der Waals surface area contributed by atoms with Gasteiger partial charge in [-0.15, -0.1) is 0 Å². The summed E-state index contributed by atoms with van der Waals surface area (Å²) in [5.74, 6) is -7.20. The maximum Gasteiger partial charge on any atom is 0.524 e. The van der Waals surface area contributed by atoms with Crippen molar-refractivity contribution in [3.05, 3.63) is 29.8 Å². The Balaban J connectivity index is 0. The van der Waals surface area contributed by atoms with Gasteiger partial charge in [0.25, 0.3) is 0 Å². The standard InChI is InChI=1S/C26H39N4O13P.CH5N.CH4/c1-4-14(2)22(26(38)39)30-24(36)18(10-12-21(33)34)28-23(35)17(9-11-20(31)32)29-25(37)19(27-3)13-15-5-7-16(8-6-15)43-44(40,41)42;1-2;/h5-8,14,17-19,22,27H,4,9-13H2,1-3H3,(H,28,35)(H,29,37)(H,30,36)(H,31,32)(H,33,34)(H,38,39)(H2,40,41,42);2H2,1H3;1H4/t14?,17-,18-,19-,22-;;/m0../s1. The zero-order chi connectivity index (χ0) is 35.6. The molecule has 47 heavy (non-hydrogen) atoms. The lowest BCUT2D eigenvalue weighted by atomic mass is 9.98. The number of hydrogen-bond donors (Lipinski definition) is 10. The molecule has 11 N–H and O–H groups in total. The second-order valence-electron chi connectivity index (χ2n) is 9.97. The van der Waals surface area contributed by atoms with Crippen molar-refractivity contribution in [2.24, 2.45) is 11.7 Å². The number of carbonyl (C=O) groups is 6. The fourth-order valence-electron chi connectivity index (χ4n) is 3.94. The number of carboxylic acid groups (broad SMARTS) is 3. The van der Waals surface area contributed by atoms with Gasteiger partial charge < -0.3 is 46.8 Å². The Morgan fingerprint density at radius 3 is 1.60 bits per heavy atom. The molecule has 0 fully saturated rings. The first-order valence-electron chi connectivity index (χ1n) is 14.1. The predicted molar refractivity (Wildman–Crippen MR) is 169 cm³/mol. The molecule has 19 heteroatoms. The molecule has 1 rings (SSSR count). The number of nitrogens with two attached hydrogens (primary N) is 1. The summed E-state index contributed by atoms with van der Waals surface area (Å²) in [7, 11) is -1.82. The topological polar surface area (TPSA) is 304 Å². The molecule has 0 aliphatic heterocycles. The smallest absolute Gasteiger partial charge is 0.481 e. The van der Waals surface area contributed by atoms with Crippen LogP contribution < -0.4 is 31.5 Å². The number of likely N-dealkylation sites (N-methyl/N-ethyl adjacent to an activating group) is 1. The number of amides is 3. The molecule has 1 aromatic carbocycles. The maximum atomic E-state index is 13.2. The van der Waals surface area contributed by atoms with Crippen molar-refractivity contribution in [2.75, 3.05) is 14.1 Å². The number of carbonyl (C=O) groups excluding carboxylic acids is 3. The molecule has 268 valence electrons. The number of aliphatic carboxylic acids is 3. The number of rotatable bonds is 20. The van der Waals surface area contributed by atoms with E-state index >= 15 is 0 Å². The highest BCUT2D eigenvalue weighted by Crippen LogP contribution is 2.37. The van der Waals surface area contributed by atoms with E-state index in [0.717, 1.165) is 0 Å². The van der Waals surface area contributed by atoms with Crippen LogP contribution in [0.1, 0.15) is 58.9 Å². The monoisotopic (exact) mass is 693 g/mol. The van der Waals surface area contributed by atoms with Crippen molar-refractivity contribution >= 4 is 43.5 Å². The van der Waals surface area contributed by atoms with E-state index in [2.05, 4.69) is 31.5 Å². The molecular formula is C28H48N5O13P. The second kappa shape index (κ2) is 22.4. The normalized spacial score (nSPS) is 13.9. The summed E-state index contributed by atoms with van der Waals surface area (Å²) in [4.78, 5) is 91.2. The Labute approximate surface area is 273 Å². The van der Waals surface area contributed by atoms with Crippen molar-refractivity contribution in [1.82, 2.24) is 21.3 Å². The van der Waals surface area contributed by atoms with E-state index in [1.807, 2.05) is 0 Å². The third-order valence-electron chi connectivity index (χ3n) is 6.59. The molecule has 0 aliphatic rings. The third-order valence-corrected chi connectivity index (χ3v) is 7.04. The Bertz CT molecular complexity index is 1230. The minimum absolute atomic E-state index is 0. The summed E-state index contributed by atoms with van der Waals surface area (Å²) in [5.41, 5.74) is 5.03. The Morgan fingerprint density at radius 2 is 1.23 bits per heavy atom. The molecule has 0 radical (unpaired) electrons. The predicted octanol–water partition coefficient (Wildman–Crippen LogP) is -0.186. The van der Waals surface area contributed by atoms with Gasteiger partial charge in [0.15, 0.2) is 0 Å². The van der Waals surface area contributed by atoms with Gasteiger partial charge >= 0.3 is 25.7 Å². The van der Waals surface area contributed by atoms with E-state index in [1.54, 1.807) is 13.8 Å². The molecule has 0 aliphatic carbocycles. The van der Waals surface area contributed by atoms with Crippen LogP contribution in [0.5, 0.6) is 5.75 Å². The van der Waals surface area contributed by atoms with Gasteiger partial charge in [-0.3, -0.25) is 33.8 Å². The van der Waals surface area contributed by atoms with Gasteiger partial charge in [0.05, 0.1) is 6.04 Å². The highest BCUT2D eigenvalue weighted by molar-refractivity contribution is 7.46. The summed E-state index contributed by atoms with van der Waals surface area (Å²) in [6.45, 7) is 3.30. The number of phosphoric ester groups is 1. The van der Waals surface area contributed by atoms with E-state index in [4.69, 9.17) is 20.0 Å². The van der Waals surface area contributed by atoms with Gasteiger partial charge in [-0.1, -0.05) is 39.8 Å². The van der Waals surface area contributed by atoms with Gasteiger partial charge in [-0.2, -0.15) is 0 Å². The number of phosphoric acid groups is 1. The van der Waals surface area contributed by atoms with Crippen molar-refractivity contribution in [1.29, 1.82) is 0 Å². The Hall–Kier alpha value is -4.09. The average Bonchev–Trinajstić information content (AvgIpc) is 2.98. The molecule has 0 heterocycles. The number of hydrogen-bond acceptors (Lipinski definition) is 10. The summed E-state index contributed by atoms with van der Waals surface area (Å²) in [6, 6.07) is 0.177. The molecule has 0 spiro atoms. The molecule has 5 atom stereocenters. The third kappa shape index (κ3) is 18.0. The van der Waals surface area contributed by atoms with E-state index in [1.165, 1.54) is 38.4 Å². The van der Waals surface area contributed by atoms with Crippen LogP contribution in [0.3, 0.4) is 0 Å². The van der Waals surface area contributed by atoms with Crippen LogP contribution in [-0.4, -0.2) is 99.0 Å². The van der Waals surface area contributed by atoms with E-state index in [9.17, 15) is 38.4 Å². The second-order valence-corrected chi connectivity index (χ2v) is 11.1. The molecular weight excluding hydrogens is 645 g/mol. The van der Waals surface area contributed by atoms with Crippen molar-refractivity contribution in [2.45, 2.75) is 84.0 Å². The van der Waals surface area contributed by atoms with E-state index < -0.39 is 99.2 Å². The first kappa shape index (κ1) is 45.0. The number of nitrogens with one attached hydrogen (secondary N) is 4. The summed E-state index contributed by atoms with van der Waals surface area (Å²) in [5, 5.41) is 37.6. The SMILES string of the molecule is C.CCC(C)[C@H](NC(=O)[C@H](CCC(=O)O)NC(=O)[C@H](CCC(=O)O)NC(=O)[C@H](Cc1ccc(OP(=O)(O)O)cc1)NC)C(=O)O.CN. The minimum Gasteiger partial charge on any atom is -0.481 e. The molecule has 18 nitrogen and oxygen atoms in total. The van der Waals surface area contributed by atoms with Crippen molar-refractivity contribution < 1.29 is 63.0 Å². The van der Waals surface area contributed by atoms with Gasteiger partial charge in [0.2, 0.25) is 17.7 Å². The van der Waals surface area contributed by atoms with Crippen LogP contribution >= 0.6 is 7.82 Å². The lowest BCUT2D eigenvalue weighted by Crippen LogP contribution is -2.58. The zero-order valence-corrected chi connectivity index (χ0v) is 26.9. The molecule has 3 amide bonds. The van der Waals surface area contributed by atoms with E-state index in [-0.39, 0.29) is 19.6 Å². The maximum absolute atomic E-state index is 13.2. The van der Waals surface area contributed by atoms with Crippen LogP contribution in [-0.2, 0) is 39.8 Å². The summed E-state index contributed by atoms with van der Waals surface area (Å²) >= 11 is 0. The van der Waals surface area contributed by atoms with Gasteiger partial charge in [0.1, 0.15) is 23.9 Å². The van der Waals surface area contributed by atoms with Gasteiger partial charge in [-0.25, -0.2) is 9.36 Å². The fourth-order valence-corrected chi connectivity index (χ4v) is 4.34. The quantitative estimate of drug-likeness (QED) is 0.0792.